The van der Waals surface area contributed by atoms with Crippen LogP contribution >= 0.6 is 15.9 Å². The van der Waals surface area contributed by atoms with Crippen molar-refractivity contribution in [2.45, 2.75) is 0 Å². The highest BCUT2D eigenvalue weighted by molar-refractivity contribution is 9.10. The Morgan fingerprint density at radius 1 is 1.43 bits per heavy atom. The van der Waals surface area contributed by atoms with Crippen LogP contribution in [0.4, 0.5) is 0 Å². The number of hydrogen-bond donors (Lipinski definition) is 1. The van der Waals surface area contributed by atoms with Crippen molar-refractivity contribution in [3.05, 3.63) is 47.1 Å². The van der Waals surface area contributed by atoms with Gasteiger partial charge in [0.2, 0.25) is 0 Å². The first kappa shape index (κ1) is 9.08. The molecule has 1 amide bonds. The molecule has 0 saturated carbocycles. The van der Waals surface area contributed by atoms with Gasteiger partial charge in [0.25, 0.3) is 5.91 Å². The quantitative estimate of drug-likeness (QED) is 0.894. The van der Waals surface area contributed by atoms with E-state index in [2.05, 4.69) is 21.4 Å². The summed E-state index contributed by atoms with van der Waals surface area (Å²) in [6, 6.07) is 5.26. The van der Waals surface area contributed by atoms with E-state index in [0.29, 0.717) is 10.2 Å². The number of carbonyl (C=O) groups is 1. The van der Waals surface area contributed by atoms with Gasteiger partial charge in [-0.3, -0.25) is 14.9 Å². The lowest BCUT2D eigenvalue weighted by molar-refractivity contribution is 0.101. The van der Waals surface area contributed by atoms with Crippen molar-refractivity contribution in [3.8, 4) is 0 Å². The summed E-state index contributed by atoms with van der Waals surface area (Å²) in [6.07, 6.45) is 4.88. The minimum atomic E-state index is -0.212. The number of aromatic nitrogens is 1. The number of furan rings is 1. The van der Waals surface area contributed by atoms with Crippen molar-refractivity contribution < 1.29 is 9.21 Å². The lowest BCUT2D eigenvalue weighted by Crippen LogP contribution is -2.20. The highest BCUT2D eigenvalue weighted by Crippen LogP contribution is 2.13. The van der Waals surface area contributed by atoms with Gasteiger partial charge in [-0.1, -0.05) is 0 Å². The van der Waals surface area contributed by atoms with Crippen LogP contribution in [-0.4, -0.2) is 10.6 Å². The standard InChI is InChI=1S/C9H7BrN2O2/c10-8-5-7(6-14-8)9(13)11-12-3-1-2-4-12/h1-6H,(H,11,13). The van der Waals surface area contributed by atoms with Gasteiger partial charge in [0.1, 0.15) is 6.26 Å². The first-order valence-corrected chi connectivity index (χ1v) is 4.73. The van der Waals surface area contributed by atoms with Gasteiger partial charge in [0.15, 0.2) is 4.67 Å². The molecule has 0 aromatic carbocycles. The van der Waals surface area contributed by atoms with Crippen molar-refractivity contribution >= 4 is 21.8 Å². The summed E-state index contributed by atoms with van der Waals surface area (Å²) < 4.78 is 7.06. The van der Waals surface area contributed by atoms with E-state index >= 15 is 0 Å². The van der Waals surface area contributed by atoms with E-state index in [0.717, 1.165) is 0 Å². The zero-order valence-corrected chi connectivity index (χ0v) is 8.69. The fourth-order valence-corrected chi connectivity index (χ4v) is 1.36. The minimum Gasteiger partial charge on any atom is -0.457 e. The van der Waals surface area contributed by atoms with Crippen LogP contribution in [0.15, 0.2) is 45.9 Å². The number of halogens is 1. The first-order valence-electron chi connectivity index (χ1n) is 3.94. The maximum absolute atomic E-state index is 11.5. The molecule has 0 saturated heterocycles. The molecule has 0 spiro atoms. The van der Waals surface area contributed by atoms with Gasteiger partial charge in [0.05, 0.1) is 5.56 Å². The minimum absolute atomic E-state index is 0.212. The predicted molar refractivity (Wildman–Crippen MR) is 54.5 cm³/mol. The average molecular weight is 255 g/mol. The monoisotopic (exact) mass is 254 g/mol. The molecule has 2 aromatic rings. The molecule has 2 heterocycles. The number of rotatable bonds is 2. The van der Waals surface area contributed by atoms with Gasteiger partial charge >= 0.3 is 0 Å². The van der Waals surface area contributed by atoms with E-state index in [1.807, 2.05) is 12.1 Å². The van der Waals surface area contributed by atoms with Crippen LogP contribution in [0.1, 0.15) is 10.4 Å². The third-order valence-corrected chi connectivity index (χ3v) is 2.08. The third-order valence-electron chi connectivity index (χ3n) is 1.66. The Hall–Kier alpha value is -1.49. The van der Waals surface area contributed by atoms with Crippen LogP contribution in [0.2, 0.25) is 0 Å². The van der Waals surface area contributed by atoms with Gasteiger partial charge in [-0.25, -0.2) is 0 Å². The maximum Gasteiger partial charge on any atom is 0.273 e. The zero-order valence-electron chi connectivity index (χ0n) is 7.11. The Bertz CT molecular complexity index is 433. The van der Waals surface area contributed by atoms with E-state index in [9.17, 15) is 4.79 Å². The van der Waals surface area contributed by atoms with E-state index in [4.69, 9.17) is 4.42 Å². The second-order valence-corrected chi connectivity index (χ2v) is 3.45. The molecule has 5 heteroatoms. The lowest BCUT2D eigenvalue weighted by Gasteiger charge is -2.02. The molecule has 14 heavy (non-hydrogen) atoms. The Morgan fingerprint density at radius 2 is 2.14 bits per heavy atom. The van der Waals surface area contributed by atoms with Crippen molar-refractivity contribution in [2.75, 3.05) is 5.43 Å². The SMILES string of the molecule is O=C(Nn1cccc1)c1coc(Br)c1. The van der Waals surface area contributed by atoms with E-state index in [1.54, 1.807) is 23.1 Å². The largest absolute Gasteiger partial charge is 0.457 e. The van der Waals surface area contributed by atoms with Gasteiger partial charge in [0, 0.05) is 18.5 Å². The van der Waals surface area contributed by atoms with Gasteiger partial charge in [-0.2, -0.15) is 0 Å². The zero-order chi connectivity index (χ0) is 9.97. The molecule has 2 rings (SSSR count). The summed E-state index contributed by atoms with van der Waals surface area (Å²) in [5, 5.41) is 0. The molecule has 0 bridgehead atoms. The Kier molecular flexibility index (Phi) is 2.41. The summed E-state index contributed by atoms with van der Waals surface area (Å²) in [5.41, 5.74) is 3.13. The first-order chi connectivity index (χ1) is 6.75. The Morgan fingerprint density at radius 3 is 2.71 bits per heavy atom. The van der Waals surface area contributed by atoms with Crippen molar-refractivity contribution in [1.82, 2.24) is 4.68 Å². The number of amides is 1. The predicted octanol–water partition coefficient (Wildman–Crippen LogP) is 2.23. The number of carbonyl (C=O) groups excluding carboxylic acids is 1. The topological polar surface area (TPSA) is 47.2 Å². The number of nitrogens with zero attached hydrogens (tertiary/aromatic N) is 1. The molecule has 0 aliphatic rings. The molecule has 0 atom stereocenters. The smallest absolute Gasteiger partial charge is 0.273 e. The Labute approximate surface area is 88.6 Å². The number of nitrogens with one attached hydrogen (secondary N) is 1. The molecule has 72 valence electrons. The highest BCUT2D eigenvalue weighted by Gasteiger charge is 2.08. The molecular formula is C9H7BrN2O2. The number of hydrogen-bond acceptors (Lipinski definition) is 2. The highest BCUT2D eigenvalue weighted by atomic mass is 79.9. The third kappa shape index (κ3) is 1.88. The molecule has 1 N–H and O–H groups in total. The fraction of sp³-hybridized carbons (Fsp3) is 0. The van der Waals surface area contributed by atoms with Crippen molar-refractivity contribution in [3.63, 3.8) is 0 Å². The fourth-order valence-electron chi connectivity index (χ4n) is 1.02. The summed E-state index contributed by atoms with van der Waals surface area (Å²) in [7, 11) is 0. The van der Waals surface area contributed by atoms with Gasteiger partial charge in [-0.15, -0.1) is 0 Å². The molecule has 0 radical (unpaired) electrons. The summed E-state index contributed by atoms with van der Waals surface area (Å²) in [4.78, 5) is 11.5. The molecular weight excluding hydrogens is 248 g/mol. The normalized spacial score (nSPS) is 10.1. The molecule has 2 aromatic heterocycles. The van der Waals surface area contributed by atoms with Crippen LogP contribution < -0.4 is 5.43 Å². The van der Waals surface area contributed by atoms with E-state index in [1.165, 1.54) is 6.26 Å². The summed E-state index contributed by atoms with van der Waals surface area (Å²) >= 11 is 3.12. The van der Waals surface area contributed by atoms with Crippen LogP contribution in [0.5, 0.6) is 0 Å². The second-order valence-electron chi connectivity index (χ2n) is 2.67. The molecule has 0 aliphatic heterocycles. The van der Waals surface area contributed by atoms with Crippen LogP contribution in [0, 0.1) is 0 Å². The molecule has 0 aliphatic carbocycles. The second kappa shape index (κ2) is 3.71. The average Bonchev–Trinajstić information content (AvgIpc) is 2.75. The molecule has 0 fully saturated rings. The summed E-state index contributed by atoms with van der Waals surface area (Å²) in [5.74, 6) is -0.212. The van der Waals surface area contributed by atoms with Crippen LogP contribution in [0.3, 0.4) is 0 Å². The van der Waals surface area contributed by atoms with Gasteiger partial charge < -0.3 is 4.42 Å². The van der Waals surface area contributed by atoms with E-state index in [-0.39, 0.29) is 5.91 Å². The Balaban J connectivity index is 2.10. The summed E-state index contributed by atoms with van der Waals surface area (Å²) in [6.45, 7) is 0. The maximum atomic E-state index is 11.5. The lowest BCUT2D eigenvalue weighted by atomic mass is 10.3. The van der Waals surface area contributed by atoms with E-state index < -0.39 is 0 Å². The van der Waals surface area contributed by atoms with Crippen molar-refractivity contribution in [2.24, 2.45) is 0 Å². The van der Waals surface area contributed by atoms with Crippen molar-refractivity contribution in [1.29, 1.82) is 0 Å². The van der Waals surface area contributed by atoms with Crippen LogP contribution in [0.25, 0.3) is 0 Å². The molecule has 4 nitrogen and oxygen atoms in total. The van der Waals surface area contributed by atoms with Crippen LogP contribution in [-0.2, 0) is 0 Å². The molecule has 0 unspecified atom stereocenters. The van der Waals surface area contributed by atoms with Gasteiger partial charge in [-0.05, 0) is 28.1 Å².